The van der Waals surface area contributed by atoms with Crippen LogP contribution in [-0.2, 0) is 18.2 Å². The maximum atomic E-state index is 11.4. The van der Waals surface area contributed by atoms with E-state index in [-0.39, 0.29) is 5.69 Å². The highest BCUT2D eigenvalue weighted by molar-refractivity contribution is 6.01. The summed E-state index contributed by atoms with van der Waals surface area (Å²) < 4.78 is 7.37. The number of methoxy groups -OCH3 is 1. The first-order chi connectivity index (χ1) is 12.1. The van der Waals surface area contributed by atoms with Crippen molar-refractivity contribution < 1.29 is 14.6 Å². The molecule has 0 saturated carbocycles. The molecule has 0 aliphatic heterocycles. The summed E-state index contributed by atoms with van der Waals surface area (Å²) in [5.41, 5.74) is 4.56. The van der Waals surface area contributed by atoms with Crippen LogP contribution in [0.15, 0.2) is 36.5 Å². The van der Waals surface area contributed by atoms with Crippen molar-refractivity contribution in [1.29, 1.82) is 0 Å². The molecule has 25 heavy (non-hydrogen) atoms. The molecule has 0 spiro atoms. The molecule has 3 aromatic rings. The van der Waals surface area contributed by atoms with Crippen LogP contribution >= 0.6 is 0 Å². The molecule has 1 aliphatic rings. The molecule has 0 aromatic carbocycles. The van der Waals surface area contributed by atoms with Gasteiger partial charge in [0.1, 0.15) is 17.7 Å². The number of H-pyrrole nitrogens is 1. The summed E-state index contributed by atoms with van der Waals surface area (Å²) in [6.45, 7) is 0. The second-order valence-electron chi connectivity index (χ2n) is 5.84. The topological polar surface area (TPSA) is 93.0 Å². The van der Waals surface area contributed by atoms with Crippen LogP contribution in [0.5, 0.6) is 0 Å². The van der Waals surface area contributed by atoms with Crippen molar-refractivity contribution in [2.45, 2.75) is 6.42 Å². The maximum Gasteiger partial charge on any atom is 0.355 e. The molecular formula is C18H16N4O3. The van der Waals surface area contributed by atoms with Crippen molar-refractivity contribution in [3.05, 3.63) is 53.5 Å². The van der Waals surface area contributed by atoms with Crippen molar-refractivity contribution in [2.24, 2.45) is 7.05 Å². The minimum absolute atomic E-state index is 0.00372. The number of aromatic nitrogens is 4. The Morgan fingerprint density at radius 1 is 1.36 bits per heavy atom. The van der Waals surface area contributed by atoms with Gasteiger partial charge in [-0.3, -0.25) is 0 Å². The zero-order valence-electron chi connectivity index (χ0n) is 13.8. The lowest BCUT2D eigenvalue weighted by atomic mass is 10.0. The summed E-state index contributed by atoms with van der Waals surface area (Å²) in [7, 11) is 3.63. The Balaban J connectivity index is 1.89. The Morgan fingerprint density at radius 2 is 2.20 bits per heavy atom. The van der Waals surface area contributed by atoms with E-state index in [9.17, 15) is 9.90 Å². The SMILES string of the molecule is COC1=CCc2c(-c3cc4c(C(=O)O)ncnc4[nH]3)cn(C)c2C=C1. The van der Waals surface area contributed by atoms with Gasteiger partial charge in [0, 0.05) is 30.2 Å². The molecule has 2 N–H and O–H groups in total. The molecule has 4 rings (SSSR count). The Labute approximate surface area is 143 Å². The molecular weight excluding hydrogens is 320 g/mol. The summed E-state index contributed by atoms with van der Waals surface area (Å²) in [6.07, 6.45) is 9.99. The highest BCUT2D eigenvalue weighted by Gasteiger charge is 2.19. The number of nitrogens with one attached hydrogen (secondary N) is 1. The van der Waals surface area contributed by atoms with Gasteiger partial charge in [-0.25, -0.2) is 14.8 Å². The number of carboxylic acids is 1. The number of aryl methyl sites for hydroxylation is 1. The molecule has 1 aliphatic carbocycles. The summed E-state index contributed by atoms with van der Waals surface area (Å²) in [6, 6.07) is 1.80. The molecule has 0 bridgehead atoms. The third-order valence-electron chi connectivity index (χ3n) is 4.40. The Kier molecular flexibility index (Phi) is 3.42. The average molecular weight is 336 g/mol. The lowest BCUT2D eigenvalue weighted by molar-refractivity contribution is 0.0692. The van der Waals surface area contributed by atoms with Crippen LogP contribution in [0.3, 0.4) is 0 Å². The largest absolute Gasteiger partial charge is 0.497 e. The van der Waals surface area contributed by atoms with Crippen molar-refractivity contribution in [3.8, 4) is 11.3 Å². The van der Waals surface area contributed by atoms with Crippen molar-refractivity contribution >= 4 is 23.1 Å². The number of carbonyl (C=O) groups is 1. The molecule has 0 unspecified atom stereocenters. The standard InChI is InChI=1S/C18H16N4O3/c1-22-8-13(11-5-3-10(25-2)4-6-15(11)22)14-7-12-16(18(23)24)19-9-20-17(12)21-14/h3-4,6-9H,5H2,1-2H3,(H,23,24)(H,19,20,21). The number of aromatic carboxylic acids is 1. The summed E-state index contributed by atoms with van der Waals surface area (Å²) in [5, 5.41) is 9.81. The second kappa shape index (κ2) is 5.62. The normalized spacial score (nSPS) is 13.4. The fourth-order valence-corrected chi connectivity index (χ4v) is 3.20. The Morgan fingerprint density at radius 3 is 2.96 bits per heavy atom. The van der Waals surface area contributed by atoms with Gasteiger partial charge < -0.3 is 19.4 Å². The van der Waals surface area contributed by atoms with Crippen LogP contribution in [0.4, 0.5) is 0 Å². The molecule has 0 fully saturated rings. The van der Waals surface area contributed by atoms with Gasteiger partial charge in [0.15, 0.2) is 5.69 Å². The van der Waals surface area contributed by atoms with Crippen molar-refractivity contribution in [1.82, 2.24) is 19.5 Å². The molecule has 3 heterocycles. The lowest BCUT2D eigenvalue weighted by Crippen LogP contribution is -2.00. The van der Waals surface area contributed by atoms with Crippen LogP contribution < -0.4 is 0 Å². The predicted molar refractivity (Wildman–Crippen MR) is 93.1 cm³/mol. The third kappa shape index (κ3) is 2.40. The van der Waals surface area contributed by atoms with Gasteiger partial charge in [0.2, 0.25) is 0 Å². The number of rotatable bonds is 3. The van der Waals surface area contributed by atoms with Gasteiger partial charge in [-0.05, 0) is 36.3 Å². The quantitative estimate of drug-likeness (QED) is 0.767. The number of carboxylic acid groups (broad SMARTS) is 1. The molecule has 0 radical (unpaired) electrons. The maximum absolute atomic E-state index is 11.4. The Bertz CT molecular complexity index is 1060. The zero-order chi connectivity index (χ0) is 17.6. The van der Waals surface area contributed by atoms with E-state index in [0.717, 1.165) is 28.3 Å². The van der Waals surface area contributed by atoms with Gasteiger partial charge in [-0.1, -0.05) is 0 Å². The molecule has 7 nitrogen and oxygen atoms in total. The molecule has 0 atom stereocenters. The number of fused-ring (bicyclic) bond motifs is 2. The van der Waals surface area contributed by atoms with Gasteiger partial charge in [-0.15, -0.1) is 0 Å². The predicted octanol–water partition coefficient (Wildman–Crippen LogP) is 2.76. The first-order valence-electron chi connectivity index (χ1n) is 7.76. The Hall–Kier alpha value is -3.35. The van der Waals surface area contributed by atoms with Crippen LogP contribution in [0, 0.1) is 0 Å². The van der Waals surface area contributed by atoms with E-state index in [1.807, 2.05) is 36.0 Å². The zero-order valence-corrected chi connectivity index (χ0v) is 13.8. The highest BCUT2D eigenvalue weighted by Crippen LogP contribution is 2.33. The average Bonchev–Trinajstić information content (AvgIpc) is 3.08. The van der Waals surface area contributed by atoms with Crippen LogP contribution in [-0.4, -0.2) is 37.7 Å². The first kappa shape index (κ1) is 15.2. The minimum atomic E-state index is -1.07. The van der Waals surface area contributed by atoms with Crippen LogP contribution in [0.1, 0.15) is 21.7 Å². The molecule has 126 valence electrons. The molecule has 0 saturated heterocycles. The summed E-state index contributed by atoms with van der Waals surface area (Å²) in [5.74, 6) is -0.252. The summed E-state index contributed by atoms with van der Waals surface area (Å²) in [4.78, 5) is 22.6. The van der Waals surface area contributed by atoms with E-state index in [0.29, 0.717) is 17.5 Å². The van der Waals surface area contributed by atoms with Gasteiger partial charge in [0.05, 0.1) is 12.5 Å². The van der Waals surface area contributed by atoms with Gasteiger partial charge in [0.25, 0.3) is 0 Å². The van der Waals surface area contributed by atoms with Crippen molar-refractivity contribution in [3.63, 3.8) is 0 Å². The smallest absolute Gasteiger partial charge is 0.355 e. The van der Waals surface area contributed by atoms with Crippen LogP contribution in [0.25, 0.3) is 28.4 Å². The van der Waals surface area contributed by atoms with E-state index in [2.05, 4.69) is 15.0 Å². The van der Waals surface area contributed by atoms with Gasteiger partial charge in [-0.2, -0.15) is 0 Å². The molecule has 3 aromatic heterocycles. The van der Waals surface area contributed by atoms with E-state index in [4.69, 9.17) is 4.74 Å². The fraction of sp³-hybridized carbons (Fsp3) is 0.167. The number of hydrogen-bond donors (Lipinski definition) is 2. The second-order valence-corrected chi connectivity index (χ2v) is 5.84. The fourth-order valence-electron chi connectivity index (χ4n) is 3.20. The third-order valence-corrected chi connectivity index (χ3v) is 4.40. The molecule has 0 amide bonds. The van der Waals surface area contributed by atoms with Crippen LogP contribution in [0.2, 0.25) is 0 Å². The van der Waals surface area contributed by atoms with E-state index in [1.165, 1.54) is 6.33 Å². The highest BCUT2D eigenvalue weighted by atomic mass is 16.5. The summed E-state index contributed by atoms with van der Waals surface area (Å²) >= 11 is 0. The number of nitrogens with zero attached hydrogens (tertiary/aromatic N) is 3. The minimum Gasteiger partial charge on any atom is -0.497 e. The lowest BCUT2D eigenvalue weighted by Gasteiger charge is -2.01. The van der Waals surface area contributed by atoms with E-state index < -0.39 is 5.97 Å². The number of allylic oxidation sites excluding steroid dienone is 2. The van der Waals surface area contributed by atoms with E-state index in [1.54, 1.807) is 13.2 Å². The monoisotopic (exact) mass is 336 g/mol. The van der Waals surface area contributed by atoms with E-state index >= 15 is 0 Å². The number of hydrogen-bond acceptors (Lipinski definition) is 4. The number of ether oxygens (including phenoxy) is 1. The molecule has 7 heteroatoms. The number of aromatic amines is 1. The van der Waals surface area contributed by atoms with Gasteiger partial charge >= 0.3 is 5.97 Å². The first-order valence-corrected chi connectivity index (χ1v) is 7.76. The van der Waals surface area contributed by atoms with Crippen molar-refractivity contribution in [2.75, 3.05) is 7.11 Å².